The van der Waals surface area contributed by atoms with Crippen molar-refractivity contribution in [3.05, 3.63) is 53.9 Å². The molecule has 0 spiro atoms. The fraction of sp³-hybridized carbons (Fsp3) is 0.267. The lowest BCUT2D eigenvalue weighted by Crippen LogP contribution is -2.08. The lowest BCUT2D eigenvalue weighted by molar-refractivity contribution is 0.306. The highest BCUT2D eigenvalue weighted by atomic mass is 16.5. The molecule has 0 saturated heterocycles. The molecule has 2 rings (SSSR count). The molecule has 0 radical (unpaired) electrons. The summed E-state index contributed by atoms with van der Waals surface area (Å²) in [5, 5.41) is 0. The van der Waals surface area contributed by atoms with Gasteiger partial charge in [-0.2, -0.15) is 0 Å². The topological polar surface area (TPSA) is 51.4 Å². The van der Waals surface area contributed by atoms with Crippen molar-refractivity contribution in [2.45, 2.75) is 13.2 Å². The van der Waals surface area contributed by atoms with Crippen molar-refractivity contribution in [3.63, 3.8) is 0 Å². The van der Waals surface area contributed by atoms with Gasteiger partial charge in [-0.15, -0.1) is 0 Å². The van der Waals surface area contributed by atoms with Gasteiger partial charge in [0.15, 0.2) is 0 Å². The Labute approximate surface area is 113 Å². The van der Waals surface area contributed by atoms with Crippen LogP contribution in [0.25, 0.3) is 0 Å². The van der Waals surface area contributed by atoms with Gasteiger partial charge in [0, 0.05) is 38.6 Å². The molecule has 0 atom stereocenters. The Morgan fingerprint density at radius 3 is 2.79 bits per heavy atom. The molecule has 0 unspecified atom stereocenters. The van der Waals surface area contributed by atoms with Crippen LogP contribution in [0.5, 0.6) is 5.75 Å². The average Bonchev–Trinajstić information content (AvgIpc) is 2.45. The Kier molecular flexibility index (Phi) is 4.36. The summed E-state index contributed by atoms with van der Waals surface area (Å²) in [6.45, 7) is 0.969. The van der Waals surface area contributed by atoms with E-state index in [9.17, 15) is 0 Å². The molecule has 0 aliphatic carbocycles. The van der Waals surface area contributed by atoms with Crippen LogP contribution in [0.3, 0.4) is 0 Å². The third kappa shape index (κ3) is 3.69. The number of rotatable bonds is 5. The molecule has 4 nitrogen and oxygen atoms in total. The van der Waals surface area contributed by atoms with Gasteiger partial charge >= 0.3 is 0 Å². The van der Waals surface area contributed by atoms with E-state index in [1.54, 1.807) is 6.20 Å². The monoisotopic (exact) mass is 257 g/mol. The maximum Gasteiger partial charge on any atom is 0.121 e. The molecule has 0 fully saturated rings. The van der Waals surface area contributed by atoms with E-state index in [4.69, 9.17) is 10.5 Å². The van der Waals surface area contributed by atoms with Gasteiger partial charge in [-0.3, -0.25) is 4.98 Å². The van der Waals surface area contributed by atoms with E-state index in [-0.39, 0.29) is 0 Å². The molecule has 0 saturated carbocycles. The van der Waals surface area contributed by atoms with Crippen LogP contribution in [-0.4, -0.2) is 19.1 Å². The molecule has 2 N–H and O–H groups in total. The zero-order chi connectivity index (χ0) is 13.7. The van der Waals surface area contributed by atoms with Crippen molar-refractivity contribution in [1.29, 1.82) is 0 Å². The Morgan fingerprint density at radius 1 is 1.21 bits per heavy atom. The third-order valence-corrected chi connectivity index (χ3v) is 2.83. The van der Waals surface area contributed by atoms with Gasteiger partial charge in [-0.1, -0.05) is 6.07 Å². The summed E-state index contributed by atoms with van der Waals surface area (Å²) in [6.07, 6.45) is 1.76. The van der Waals surface area contributed by atoms with Gasteiger partial charge in [-0.25, -0.2) is 0 Å². The van der Waals surface area contributed by atoms with Crippen LogP contribution < -0.4 is 15.4 Å². The number of pyridine rings is 1. The van der Waals surface area contributed by atoms with Gasteiger partial charge in [0.1, 0.15) is 12.4 Å². The minimum atomic E-state index is 0.448. The lowest BCUT2D eigenvalue weighted by atomic mass is 10.2. The van der Waals surface area contributed by atoms with Crippen LogP contribution in [0.15, 0.2) is 42.6 Å². The van der Waals surface area contributed by atoms with Crippen molar-refractivity contribution in [1.82, 2.24) is 4.98 Å². The molecule has 1 aromatic heterocycles. The third-order valence-electron chi connectivity index (χ3n) is 2.83. The van der Waals surface area contributed by atoms with E-state index in [0.717, 1.165) is 22.7 Å². The van der Waals surface area contributed by atoms with Crippen molar-refractivity contribution >= 4 is 5.69 Å². The van der Waals surface area contributed by atoms with Crippen LogP contribution in [0.2, 0.25) is 0 Å². The first kappa shape index (κ1) is 13.4. The van der Waals surface area contributed by atoms with E-state index in [0.29, 0.717) is 13.2 Å². The predicted octanol–water partition coefficient (Wildman–Crippen LogP) is 2.19. The molecular weight excluding hydrogens is 238 g/mol. The van der Waals surface area contributed by atoms with Gasteiger partial charge in [0.25, 0.3) is 0 Å². The summed E-state index contributed by atoms with van der Waals surface area (Å²) in [6, 6.07) is 11.9. The van der Waals surface area contributed by atoms with Gasteiger partial charge < -0.3 is 15.4 Å². The molecule has 0 bridgehead atoms. The van der Waals surface area contributed by atoms with E-state index in [1.165, 1.54) is 0 Å². The highest BCUT2D eigenvalue weighted by molar-refractivity contribution is 5.49. The Hall–Kier alpha value is -2.07. The summed E-state index contributed by atoms with van der Waals surface area (Å²) >= 11 is 0. The quantitative estimate of drug-likeness (QED) is 0.892. The second-order valence-corrected chi connectivity index (χ2v) is 4.54. The summed E-state index contributed by atoms with van der Waals surface area (Å²) in [7, 11) is 4.02. The zero-order valence-electron chi connectivity index (χ0n) is 11.3. The number of ether oxygens (including phenoxy) is 1. The summed E-state index contributed by atoms with van der Waals surface area (Å²) < 4.78 is 5.79. The standard InChI is InChI=1S/C15H19N3O/c1-18(2)14-4-3-5-15(9-14)19-11-12-6-7-17-13(8-12)10-16/h3-9H,10-11,16H2,1-2H3. The normalized spacial score (nSPS) is 10.3. The van der Waals surface area contributed by atoms with E-state index in [2.05, 4.69) is 4.98 Å². The fourth-order valence-electron chi connectivity index (χ4n) is 1.75. The minimum absolute atomic E-state index is 0.448. The second-order valence-electron chi connectivity index (χ2n) is 4.54. The molecular formula is C15H19N3O. The van der Waals surface area contributed by atoms with Gasteiger partial charge in [-0.05, 0) is 29.8 Å². The molecule has 100 valence electrons. The van der Waals surface area contributed by atoms with Crippen LogP contribution in [0.1, 0.15) is 11.3 Å². The lowest BCUT2D eigenvalue weighted by Gasteiger charge is -2.14. The first-order valence-electron chi connectivity index (χ1n) is 6.23. The van der Waals surface area contributed by atoms with Crippen LogP contribution in [0.4, 0.5) is 5.69 Å². The summed E-state index contributed by atoms with van der Waals surface area (Å²) in [5.74, 6) is 0.859. The molecule has 0 amide bonds. The average molecular weight is 257 g/mol. The zero-order valence-corrected chi connectivity index (χ0v) is 11.3. The molecule has 2 aromatic rings. The van der Waals surface area contributed by atoms with E-state index >= 15 is 0 Å². The minimum Gasteiger partial charge on any atom is -0.489 e. The van der Waals surface area contributed by atoms with E-state index < -0.39 is 0 Å². The highest BCUT2D eigenvalue weighted by Gasteiger charge is 2.00. The number of hydrogen-bond acceptors (Lipinski definition) is 4. The predicted molar refractivity (Wildman–Crippen MR) is 77.2 cm³/mol. The van der Waals surface area contributed by atoms with Gasteiger partial charge in [0.05, 0.1) is 5.69 Å². The Bertz CT molecular complexity index is 540. The Balaban J connectivity index is 2.03. The van der Waals surface area contributed by atoms with Gasteiger partial charge in [0.2, 0.25) is 0 Å². The van der Waals surface area contributed by atoms with Crippen molar-refractivity contribution in [3.8, 4) is 5.75 Å². The molecule has 4 heteroatoms. The van der Waals surface area contributed by atoms with Crippen LogP contribution >= 0.6 is 0 Å². The SMILES string of the molecule is CN(C)c1cccc(OCc2ccnc(CN)c2)c1. The van der Waals surface area contributed by atoms with Crippen molar-refractivity contribution in [2.75, 3.05) is 19.0 Å². The number of nitrogens with zero attached hydrogens (tertiary/aromatic N) is 2. The largest absolute Gasteiger partial charge is 0.489 e. The van der Waals surface area contributed by atoms with Crippen molar-refractivity contribution in [2.24, 2.45) is 5.73 Å². The smallest absolute Gasteiger partial charge is 0.121 e. The molecule has 0 aliphatic heterocycles. The number of hydrogen-bond donors (Lipinski definition) is 1. The number of benzene rings is 1. The molecule has 0 aliphatic rings. The van der Waals surface area contributed by atoms with Crippen molar-refractivity contribution < 1.29 is 4.74 Å². The molecule has 1 heterocycles. The number of anilines is 1. The molecule has 1 aromatic carbocycles. The number of aromatic nitrogens is 1. The summed E-state index contributed by atoms with van der Waals surface area (Å²) in [5.41, 5.74) is 8.64. The Morgan fingerprint density at radius 2 is 2.05 bits per heavy atom. The first-order valence-corrected chi connectivity index (χ1v) is 6.23. The van der Waals surface area contributed by atoms with Crippen LogP contribution in [-0.2, 0) is 13.2 Å². The van der Waals surface area contributed by atoms with E-state index in [1.807, 2.05) is 55.4 Å². The highest BCUT2D eigenvalue weighted by Crippen LogP contribution is 2.20. The maximum atomic E-state index is 5.79. The second kappa shape index (κ2) is 6.20. The number of nitrogens with two attached hydrogens (primary N) is 1. The van der Waals surface area contributed by atoms with Crippen LogP contribution in [0, 0.1) is 0 Å². The molecule has 19 heavy (non-hydrogen) atoms. The summed E-state index contributed by atoms with van der Waals surface area (Å²) in [4.78, 5) is 6.21. The fourth-order valence-corrected chi connectivity index (χ4v) is 1.75. The first-order chi connectivity index (χ1) is 9.19. The maximum absolute atomic E-state index is 5.79.